The Hall–Kier alpha value is -4.03. The number of fused-ring (bicyclic) bond motifs is 2. The fourth-order valence-corrected chi connectivity index (χ4v) is 10.4. The third kappa shape index (κ3) is 8.70. The summed E-state index contributed by atoms with van der Waals surface area (Å²) in [6, 6.07) is 10.7. The quantitative estimate of drug-likeness (QED) is 0.170. The molecule has 0 aliphatic carbocycles. The van der Waals surface area contributed by atoms with Gasteiger partial charge in [0.15, 0.2) is 6.10 Å². The maximum atomic E-state index is 12.7. The molecule has 4 aliphatic rings. The maximum Gasteiger partial charge on any atom is 0.333 e. The lowest BCUT2D eigenvalue weighted by Crippen LogP contribution is -2.70. The van der Waals surface area contributed by atoms with Gasteiger partial charge in [-0.25, -0.2) is 9.59 Å². The van der Waals surface area contributed by atoms with Crippen LogP contribution in [-0.4, -0.2) is 115 Å². The van der Waals surface area contributed by atoms with Crippen molar-refractivity contribution in [1.29, 1.82) is 0 Å². The summed E-state index contributed by atoms with van der Waals surface area (Å²) < 4.78 is 13.6. The van der Waals surface area contributed by atoms with Crippen molar-refractivity contribution < 1.29 is 52.9 Å². The van der Waals surface area contributed by atoms with Crippen molar-refractivity contribution in [2.24, 2.45) is 0 Å². The van der Waals surface area contributed by atoms with E-state index in [1.807, 2.05) is 44.2 Å². The minimum atomic E-state index is -1.06. The standard InChI is InChI=1S/C19H22N2O6S.C17H18Cl2N2O5S/c1-11(22)26-10-27-18(25)15-19(2,3)28-17-14(16(24)21(15)17)20-13(23)9-12-7-5-4-6-8-12;1-17(2)12(16(24)25)21-14(23)10(15(21)27-17)20-13(22)11(26-3)7-4-5-8(18)9(19)6-7/h4-8,14-15,17H,9-10H2,1-3H3,(H,20,23);4-6,10-12,15H,1-3H3,(H,20,22)(H,24,25)/t14-,15+,17-;10-,11?,12+,15-/m11/s1. The van der Waals surface area contributed by atoms with E-state index < -0.39 is 81.7 Å². The first-order valence-corrected chi connectivity index (χ1v) is 19.4. The zero-order valence-electron chi connectivity index (χ0n) is 30.6. The summed E-state index contributed by atoms with van der Waals surface area (Å²) in [7, 11) is 1.37. The average molecular weight is 840 g/mol. The number of rotatable bonds is 11. The van der Waals surface area contributed by atoms with Crippen molar-refractivity contribution in [2.45, 2.75) is 91.6 Å². The lowest BCUT2D eigenvalue weighted by molar-refractivity contribution is -0.175. The highest BCUT2D eigenvalue weighted by molar-refractivity contribution is 8.02. The van der Waals surface area contributed by atoms with Gasteiger partial charge >= 0.3 is 17.9 Å². The second-order valence-corrected chi connectivity index (χ2v) is 18.4. The number of hydrogen-bond acceptors (Lipinski definition) is 12. The summed E-state index contributed by atoms with van der Waals surface area (Å²) in [6.07, 6.45) is -0.796. The van der Waals surface area contributed by atoms with E-state index >= 15 is 0 Å². The molecule has 1 unspecified atom stereocenters. The zero-order chi connectivity index (χ0) is 40.6. The van der Waals surface area contributed by atoms with E-state index in [1.165, 1.54) is 53.4 Å². The van der Waals surface area contributed by atoms with E-state index in [9.17, 15) is 38.7 Å². The number of β-lactam (4-membered cyclic amide) rings is 2. The Bertz CT molecular complexity index is 1880. The fourth-order valence-electron chi connectivity index (χ4n) is 6.83. The Balaban J connectivity index is 0.000000211. The molecule has 4 heterocycles. The van der Waals surface area contributed by atoms with Crippen LogP contribution in [0.5, 0.6) is 0 Å². The molecule has 19 heteroatoms. The molecule has 296 valence electrons. The molecule has 2 aromatic rings. The van der Waals surface area contributed by atoms with Gasteiger partial charge in [-0.1, -0.05) is 59.6 Å². The number of ether oxygens (including phenoxy) is 3. The number of esters is 2. The molecule has 4 saturated heterocycles. The van der Waals surface area contributed by atoms with Crippen molar-refractivity contribution in [1.82, 2.24) is 20.4 Å². The molecule has 15 nitrogen and oxygen atoms in total. The molecule has 4 fully saturated rings. The van der Waals surface area contributed by atoms with Gasteiger partial charge in [-0.15, -0.1) is 23.5 Å². The number of aliphatic carboxylic acids is 1. The molecule has 0 spiro atoms. The largest absolute Gasteiger partial charge is 0.480 e. The molecule has 0 aromatic heterocycles. The molecule has 0 saturated carbocycles. The lowest BCUT2D eigenvalue weighted by atomic mass is 9.96. The monoisotopic (exact) mass is 838 g/mol. The first-order chi connectivity index (χ1) is 25.8. The lowest BCUT2D eigenvalue weighted by Gasteiger charge is -2.43. The summed E-state index contributed by atoms with van der Waals surface area (Å²) >= 11 is 14.7. The van der Waals surface area contributed by atoms with Gasteiger partial charge in [0, 0.05) is 23.5 Å². The molecule has 7 atom stereocenters. The Morgan fingerprint density at radius 1 is 0.836 bits per heavy atom. The van der Waals surface area contributed by atoms with Gasteiger partial charge in [-0.2, -0.15) is 0 Å². The van der Waals surface area contributed by atoms with E-state index in [-0.39, 0.29) is 28.6 Å². The van der Waals surface area contributed by atoms with E-state index in [0.717, 1.165) is 5.56 Å². The Kier molecular flexibility index (Phi) is 12.7. The summed E-state index contributed by atoms with van der Waals surface area (Å²) in [5.41, 5.74) is 1.35. The number of thioether (sulfide) groups is 2. The third-order valence-electron chi connectivity index (χ3n) is 9.34. The summed E-state index contributed by atoms with van der Waals surface area (Å²) in [5.74, 6) is -3.74. The van der Waals surface area contributed by atoms with Crippen LogP contribution in [0.1, 0.15) is 51.8 Å². The van der Waals surface area contributed by atoms with Crippen LogP contribution in [-0.2, 0) is 54.2 Å². The van der Waals surface area contributed by atoms with Gasteiger partial charge in [-0.3, -0.25) is 24.0 Å². The number of nitrogens with zero attached hydrogens (tertiary/aromatic N) is 2. The van der Waals surface area contributed by atoms with Crippen molar-refractivity contribution in [3.63, 3.8) is 0 Å². The number of hydrogen-bond donors (Lipinski definition) is 3. The van der Waals surface area contributed by atoms with Crippen LogP contribution in [0.2, 0.25) is 10.0 Å². The van der Waals surface area contributed by atoms with Gasteiger partial charge in [0.1, 0.15) is 34.9 Å². The highest BCUT2D eigenvalue weighted by atomic mass is 35.5. The maximum absolute atomic E-state index is 12.7. The fraction of sp³-hybridized carbons (Fsp3) is 0.472. The second kappa shape index (κ2) is 16.6. The first kappa shape index (κ1) is 42.1. The minimum Gasteiger partial charge on any atom is -0.480 e. The van der Waals surface area contributed by atoms with E-state index in [1.54, 1.807) is 26.0 Å². The van der Waals surface area contributed by atoms with Crippen molar-refractivity contribution in [3.05, 3.63) is 69.7 Å². The highest BCUT2D eigenvalue weighted by Crippen LogP contribution is 2.52. The number of halogens is 2. The van der Waals surface area contributed by atoms with Crippen LogP contribution in [0, 0.1) is 0 Å². The van der Waals surface area contributed by atoms with E-state index in [0.29, 0.717) is 10.6 Å². The predicted octanol–water partition coefficient (Wildman–Crippen LogP) is 3.15. The number of carboxylic acids is 1. The van der Waals surface area contributed by atoms with Crippen LogP contribution < -0.4 is 10.6 Å². The SMILES string of the molecule is CC(=O)OCOC(=O)[C@@H]1N2C(=O)[C@@H](NC(=O)Cc3ccccc3)[C@H]2SC1(C)C.COC(C(=O)N[C@@H]1C(=O)N2[C@@H]1SC(C)(C)[C@@H]2C(=O)O)c1ccc(Cl)c(Cl)c1. The molecule has 4 amide bonds. The predicted molar refractivity (Wildman–Crippen MR) is 203 cm³/mol. The number of benzene rings is 2. The van der Waals surface area contributed by atoms with Crippen molar-refractivity contribution in [3.8, 4) is 0 Å². The number of carbonyl (C=O) groups is 7. The van der Waals surface area contributed by atoms with Gasteiger partial charge in [0.05, 0.1) is 16.5 Å². The molecule has 2 aromatic carbocycles. The van der Waals surface area contributed by atoms with Crippen LogP contribution in [0.3, 0.4) is 0 Å². The molecule has 55 heavy (non-hydrogen) atoms. The van der Waals surface area contributed by atoms with Crippen LogP contribution in [0.25, 0.3) is 0 Å². The second-order valence-electron chi connectivity index (χ2n) is 14.1. The van der Waals surface area contributed by atoms with Crippen LogP contribution in [0.15, 0.2) is 48.5 Å². The molecule has 6 rings (SSSR count). The molecule has 0 radical (unpaired) electrons. The summed E-state index contributed by atoms with van der Waals surface area (Å²) in [4.78, 5) is 87.6. The highest BCUT2D eigenvalue weighted by Gasteiger charge is 2.65. The van der Waals surface area contributed by atoms with Gasteiger partial charge in [0.2, 0.25) is 24.5 Å². The number of carbonyl (C=O) groups excluding carboxylic acids is 6. The molecule has 0 bridgehead atoms. The number of amides is 4. The summed E-state index contributed by atoms with van der Waals surface area (Å²) in [6.45, 7) is 7.94. The third-order valence-corrected chi connectivity index (χ3v) is 13.2. The molecular weight excluding hydrogens is 799 g/mol. The van der Waals surface area contributed by atoms with Crippen molar-refractivity contribution in [2.75, 3.05) is 13.9 Å². The average Bonchev–Trinajstić information content (AvgIpc) is 3.52. The van der Waals surface area contributed by atoms with Crippen LogP contribution in [0.4, 0.5) is 0 Å². The molecule has 3 N–H and O–H groups in total. The first-order valence-electron chi connectivity index (χ1n) is 16.9. The number of nitrogens with one attached hydrogen (secondary N) is 2. The number of methoxy groups -OCH3 is 1. The Labute approximate surface area is 335 Å². The van der Waals surface area contributed by atoms with Gasteiger partial charge in [-0.05, 0) is 51.0 Å². The smallest absolute Gasteiger partial charge is 0.333 e. The van der Waals surface area contributed by atoms with Gasteiger partial charge < -0.3 is 39.8 Å². The molecular formula is C36H40Cl2N4O11S2. The van der Waals surface area contributed by atoms with Crippen molar-refractivity contribution >= 4 is 88.3 Å². The van der Waals surface area contributed by atoms with Crippen LogP contribution >= 0.6 is 46.7 Å². The topological polar surface area (TPSA) is 198 Å². The zero-order valence-corrected chi connectivity index (χ0v) is 33.7. The summed E-state index contributed by atoms with van der Waals surface area (Å²) in [5, 5.41) is 14.8. The molecule has 4 aliphatic heterocycles. The Morgan fingerprint density at radius 3 is 1.95 bits per heavy atom. The van der Waals surface area contributed by atoms with E-state index in [2.05, 4.69) is 15.4 Å². The normalized spacial score (nSPS) is 25.8. The van der Waals surface area contributed by atoms with E-state index in [4.69, 9.17) is 32.7 Å². The number of carboxylic acid groups (broad SMARTS) is 1. The van der Waals surface area contributed by atoms with Gasteiger partial charge in [0.25, 0.3) is 5.91 Å². The minimum absolute atomic E-state index is 0.180. The Morgan fingerprint density at radius 2 is 1.40 bits per heavy atom.